The molecule has 0 saturated heterocycles. The first-order valence-corrected chi connectivity index (χ1v) is 9.33. The van der Waals surface area contributed by atoms with E-state index in [4.69, 9.17) is 14.2 Å². The summed E-state index contributed by atoms with van der Waals surface area (Å²) in [5.41, 5.74) is 0.894. The predicted octanol–water partition coefficient (Wildman–Crippen LogP) is 2.37. The molecule has 2 aromatic rings. The van der Waals surface area contributed by atoms with Crippen LogP contribution < -0.4 is 25.4 Å². The van der Waals surface area contributed by atoms with Gasteiger partial charge in [-0.05, 0) is 11.4 Å². The van der Waals surface area contributed by atoms with Gasteiger partial charge >= 0.3 is 0 Å². The Bertz CT molecular complexity index is 801. The van der Waals surface area contributed by atoms with E-state index in [0.717, 1.165) is 0 Å². The van der Waals surface area contributed by atoms with Crippen LogP contribution in [0.15, 0.2) is 29.6 Å². The van der Waals surface area contributed by atoms with Crippen LogP contribution in [-0.4, -0.2) is 51.8 Å². The van der Waals surface area contributed by atoms with Gasteiger partial charge in [0.15, 0.2) is 11.5 Å². The molecule has 0 aliphatic carbocycles. The lowest BCUT2D eigenvalue weighted by Gasteiger charge is -2.21. The maximum absolute atomic E-state index is 12.4. The highest BCUT2D eigenvalue weighted by molar-refractivity contribution is 7.12. The molecule has 1 aromatic heterocycles. The van der Waals surface area contributed by atoms with Crippen LogP contribution in [0.1, 0.15) is 9.67 Å². The van der Waals surface area contributed by atoms with Crippen molar-refractivity contribution in [2.75, 3.05) is 50.7 Å². The minimum Gasteiger partial charge on any atom is -0.486 e. The number of methoxy groups -OCH3 is 1. The number of hydrogen-bond donors (Lipinski definition) is 3. The van der Waals surface area contributed by atoms with Gasteiger partial charge in [-0.2, -0.15) is 0 Å². The largest absolute Gasteiger partial charge is 0.486 e. The topological polar surface area (TPSA) is 97.9 Å². The number of rotatable bonds is 8. The van der Waals surface area contributed by atoms with E-state index < -0.39 is 0 Å². The van der Waals surface area contributed by atoms with E-state index in [1.165, 1.54) is 11.3 Å². The third-order valence-electron chi connectivity index (χ3n) is 3.72. The first-order chi connectivity index (χ1) is 13.2. The number of nitrogens with one attached hydrogen (secondary N) is 3. The van der Waals surface area contributed by atoms with Gasteiger partial charge in [0, 0.05) is 25.8 Å². The summed E-state index contributed by atoms with van der Waals surface area (Å²) < 4.78 is 16.1. The number of ether oxygens (including phenoxy) is 3. The standard InChI is InChI=1S/C18H21N3O5S.ClH/c1-24-5-4-19-11-17(22)20-12-9-14-15(26-7-6-25-14)10-13(12)21-18(23)16-3-2-8-27-16;/h2-3,8-10,19H,4-7,11H2,1H3,(H,20,22)(H,21,23);1H. The minimum atomic E-state index is -0.254. The van der Waals surface area contributed by atoms with E-state index in [2.05, 4.69) is 16.0 Å². The molecule has 1 aliphatic heterocycles. The van der Waals surface area contributed by atoms with Crippen LogP contribution in [-0.2, 0) is 9.53 Å². The van der Waals surface area contributed by atoms with Gasteiger partial charge in [0.05, 0.1) is 29.4 Å². The SMILES string of the molecule is COCCNCC(=O)Nc1cc2c(cc1NC(=O)c1cccs1)OCCO2.Cl. The molecule has 1 aliphatic rings. The molecule has 0 spiro atoms. The van der Waals surface area contributed by atoms with Gasteiger partial charge in [0.2, 0.25) is 5.91 Å². The monoisotopic (exact) mass is 427 g/mol. The molecule has 2 amide bonds. The lowest BCUT2D eigenvalue weighted by Crippen LogP contribution is -2.30. The lowest BCUT2D eigenvalue weighted by molar-refractivity contribution is -0.115. The normalized spacial score (nSPS) is 12.0. The van der Waals surface area contributed by atoms with Gasteiger partial charge < -0.3 is 30.2 Å². The Morgan fingerprint density at radius 2 is 1.82 bits per heavy atom. The predicted molar refractivity (Wildman–Crippen MR) is 110 cm³/mol. The molecule has 152 valence electrons. The molecule has 3 rings (SSSR count). The Balaban J connectivity index is 0.00000280. The van der Waals surface area contributed by atoms with Gasteiger partial charge in [-0.1, -0.05) is 6.07 Å². The summed E-state index contributed by atoms with van der Waals surface area (Å²) in [6.45, 7) is 2.06. The Kier molecular flexibility index (Phi) is 8.52. The fraction of sp³-hybridized carbons (Fsp3) is 0.333. The first-order valence-electron chi connectivity index (χ1n) is 8.45. The fourth-order valence-corrected chi connectivity index (χ4v) is 3.08. The van der Waals surface area contributed by atoms with E-state index >= 15 is 0 Å². The van der Waals surface area contributed by atoms with Crippen LogP contribution in [0.25, 0.3) is 0 Å². The van der Waals surface area contributed by atoms with Crippen LogP contribution in [0.5, 0.6) is 11.5 Å². The number of hydrogen-bond acceptors (Lipinski definition) is 7. The molecule has 0 bridgehead atoms. The van der Waals surface area contributed by atoms with Gasteiger partial charge in [-0.15, -0.1) is 23.7 Å². The van der Waals surface area contributed by atoms with Gasteiger partial charge in [-0.3, -0.25) is 9.59 Å². The average molecular weight is 428 g/mol. The fourth-order valence-electron chi connectivity index (χ4n) is 2.46. The summed E-state index contributed by atoms with van der Waals surface area (Å²) in [7, 11) is 1.60. The third kappa shape index (κ3) is 5.83. The summed E-state index contributed by atoms with van der Waals surface area (Å²) in [4.78, 5) is 25.2. The zero-order chi connectivity index (χ0) is 19.1. The van der Waals surface area contributed by atoms with Crippen molar-refractivity contribution in [2.24, 2.45) is 0 Å². The molecule has 1 aromatic carbocycles. The van der Waals surface area contributed by atoms with Gasteiger partial charge in [-0.25, -0.2) is 0 Å². The van der Waals surface area contributed by atoms with E-state index in [1.807, 2.05) is 5.38 Å². The summed E-state index contributed by atoms with van der Waals surface area (Å²) in [5.74, 6) is 0.557. The molecule has 0 radical (unpaired) electrons. The van der Waals surface area contributed by atoms with E-state index in [0.29, 0.717) is 54.1 Å². The number of halogens is 1. The Labute approximate surface area is 173 Å². The molecule has 28 heavy (non-hydrogen) atoms. The maximum Gasteiger partial charge on any atom is 0.265 e. The summed E-state index contributed by atoms with van der Waals surface area (Å²) in [6, 6.07) is 6.85. The Hall–Kier alpha value is -2.33. The van der Waals surface area contributed by atoms with E-state index in [1.54, 1.807) is 31.4 Å². The van der Waals surface area contributed by atoms with Crippen molar-refractivity contribution in [1.82, 2.24) is 5.32 Å². The molecule has 10 heteroatoms. The first kappa shape index (κ1) is 22.0. The number of benzene rings is 1. The Morgan fingerprint density at radius 3 is 2.43 bits per heavy atom. The zero-order valence-corrected chi connectivity index (χ0v) is 16.9. The van der Waals surface area contributed by atoms with Crippen LogP contribution in [0.2, 0.25) is 0 Å². The molecule has 0 saturated carbocycles. The highest BCUT2D eigenvalue weighted by Crippen LogP contribution is 2.38. The number of carbonyl (C=O) groups excluding carboxylic acids is 2. The van der Waals surface area contributed by atoms with Crippen molar-refractivity contribution < 1.29 is 23.8 Å². The molecule has 0 atom stereocenters. The van der Waals surface area contributed by atoms with Crippen LogP contribution in [0, 0.1) is 0 Å². The number of anilines is 2. The van der Waals surface area contributed by atoms with Crippen molar-refractivity contribution in [2.45, 2.75) is 0 Å². The van der Waals surface area contributed by atoms with Crippen molar-refractivity contribution in [3.05, 3.63) is 34.5 Å². The maximum atomic E-state index is 12.4. The van der Waals surface area contributed by atoms with Crippen LogP contribution in [0.4, 0.5) is 11.4 Å². The molecule has 8 nitrogen and oxygen atoms in total. The molecule has 3 N–H and O–H groups in total. The molecule has 0 fully saturated rings. The van der Waals surface area contributed by atoms with E-state index in [-0.39, 0.29) is 30.8 Å². The highest BCUT2D eigenvalue weighted by Gasteiger charge is 2.19. The second kappa shape index (κ2) is 10.9. The average Bonchev–Trinajstić information content (AvgIpc) is 3.20. The zero-order valence-electron chi connectivity index (χ0n) is 15.3. The Morgan fingerprint density at radius 1 is 1.14 bits per heavy atom. The van der Waals surface area contributed by atoms with Crippen molar-refractivity contribution in [3.63, 3.8) is 0 Å². The molecular formula is C18H22ClN3O5S. The van der Waals surface area contributed by atoms with Crippen molar-refractivity contribution in [3.8, 4) is 11.5 Å². The van der Waals surface area contributed by atoms with Crippen LogP contribution >= 0.6 is 23.7 Å². The number of fused-ring (bicyclic) bond motifs is 1. The molecule has 0 unspecified atom stereocenters. The summed E-state index contributed by atoms with van der Waals surface area (Å²) in [6.07, 6.45) is 0. The number of thiophene rings is 1. The second-order valence-corrected chi connectivity index (χ2v) is 6.64. The van der Waals surface area contributed by atoms with Crippen LogP contribution in [0.3, 0.4) is 0 Å². The lowest BCUT2D eigenvalue weighted by atomic mass is 10.2. The molecular weight excluding hydrogens is 406 g/mol. The second-order valence-electron chi connectivity index (χ2n) is 5.69. The van der Waals surface area contributed by atoms with E-state index in [9.17, 15) is 9.59 Å². The van der Waals surface area contributed by atoms with Gasteiger partial charge in [0.1, 0.15) is 13.2 Å². The summed E-state index contributed by atoms with van der Waals surface area (Å²) in [5, 5.41) is 10.4. The minimum absolute atomic E-state index is 0. The number of amides is 2. The summed E-state index contributed by atoms with van der Waals surface area (Å²) >= 11 is 1.34. The highest BCUT2D eigenvalue weighted by atomic mass is 35.5. The smallest absolute Gasteiger partial charge is 0.265 e. The molecule has 2 heterocycles. The van der Waals surface area contributed by atoms with Gasteiger partial charge in [0.25, 0.3) is 5.91 Å². The quantitative estimate of drug-likeness (QED) is 0.559. The van der Waals surface area contributed by atoms with Crippen molar-refractivity contribution >= 4 is 46.9 Å². The van der Waals surface area contributed by atoms with Crippen molar-refractivity contribution in [1.29, 1.82) is 0 Å². The third-order valence-corrected chi connectivity index (χ3v) is 4.59. The number of carbonyl (C=O) groups is 2.